The molecule has 6 rings (SSSR count). The highest BCUT2D eigenvalue weighted by Gasteiger charge is 2.55. The number of rotatable bonds is 1. The van der Waals surface area contributed by atoms with Crippen molar-refractivity contribution in [3.63, 3.8) is 0 Å². The predicted octanol–water partition coefficient (Wildman–Crippen LogP) is 4.92. The van der Waals surface area contributed by atoms with Crippen molar-refractivity contribution in [3.8, 4) is 11.9 Å². The average molecular weight is 603 g/mol. The molecule has 1 aromatic heterocycles. The number of aliphatic carboxylic acids is 1. The molecule has 3 fully saturated rings. The number of aromatic nitrogens is 2. The lowest BCUT2D eigenvalue weighted by atomic mass is 9.77. The molecule has 2 aliphatic carbocycles. The van der Waals surface area contributed by atoms with E-state index >= 15 is 0 Å². The Kier molecular flexibility index (Phi) is 8.02. The van der Waals surface area contributed by atoms with E-state index < -0.39 is 35.4 Å². The summed E-state index contributed by atoms with van der Waals surface area (Å²) in [5, 5.41) is 19.7. The summed E-state index contributed by atoms with van der Waals surface area (Å²) in [6, 6.07) is 6.18. The average Bonchev–Trinajstić information content (AvgIpc) is 3.53. The molecule has 4 aliphatic rings. The van der Waals surface area contributed by atoms with Crippen LogP contribution in [0.4, 0.5) is 0 Å². The first-order chi connectivity index (χ1) is 20.9. The molecular formula is C34H42N4O6. The van der Waals surface area contributed by atoms with Gasteiger partial charge in [0.2, 0.25) is 11.8 Å². The van der Waals surface area contributed by atoms with E-state index in [-0.39, 0.29) is 30.9 Å². The number of ether oxygens (including phenoxy) is 2. The Morgan fingerprint density at radius 2 is 1.84 bits per heavy atom. The van der Waals surface area contributed by atoms with Gasteiger partial charge in [-0.15, -0.1) is 0 Å². The van der Waals surface area contributed by atoms with Crippen LogP contribution in [0.25, 0.3) is 11.0 Å². The Morgan fingerprint density at radius 3 is 2.57 bits per heavy atom. The lowest BCUT2D eigenvalue weighted by molar-refractivity contribution is -0.160. The van der Waals surface area contributed by atoms with Gasteiger partial charge in [-0.1, -0.05) is 40.5 Å². The number of carboxylic acid groups (broad SMARTS) is 1. The zero-order valence-corrected chi connectivity index (χ0v) is 26.0. The van der Waals surface area contributed by atoms with Gasteiger partial charge in [-0.05, 0) is 73.5 Å². The minimum absolute atomic E-state index is 0.0457. The Hall–Kier alpha value is -3.74. The van der Waals surface area contributed by atoms with Crippen molar-refractivity contribution in [1.29, 1.82) is 5.26 Å². The second-order valence-electron chi connectivity index (χ2n) is 14.4. The number of carbonyl (C=O) groups is 3. The van der Waals surface area contributed by atoms with E-state index in [1.54, 1.807) is 25.1 Å². The number of esters is 1. The normalized spacial score (nSPS) is 32.8. The molecule has 10 heteroatoms. The number of nitrogens with zero attached hydrogens (tertiary/aromatic N) is 4. The molecule has 2 aromatic rings. The summed E-state index contributed by atoms with van der Waals surface area (Å²) in [6.45, 7) is 7.52. The van der Waals surface area contributed by atoms with Crippen molar-refractivity contribution in [2.24, 2.45) is 35.0 Å². The smallest absolute Gasteiger partial charge is 0.326 e. The fourth-order valence-corrected chi connectivity index (χ4v) is 7.78. The van der Waals surface area contributed by atoms with Crippen LogP contribution in [0.5, 0.6) is 5.88 Å². The van der Waals surface area contributed by atoms with Crippen molar-refractivity contribution in [1.82, 2.24) is 14.9 Å². The Labute approximate surface area is 258 Å². The van der Waals surface area contributed by atoms with Crippen LogP contribution >= 0.6 is 0 Å². The molecule has 8 atom stereocenters. The van der Waals surface area contributed by atoms with E-state index in [9.17, 15) is 24.8 Å². The van der Waals surface area contributed by atoms with Crippen LogP contribution in [0.15, 0.2) is 18.2 Å². The van der Waals surface area contributed by atoms with Crippen molar-refractivity contribution in [3.05, 3.63) is 29.5 Å². The molecule has 0 unspecified atom stereocenters. The van der Waals surface area contributed by atoms with Crippen molar-refractivity contribution >= 4 is 28.9 Å². The fourth-order valence-electron chi connectivity index (χ4n) is 7.78. The standard InChI is InChI=1S/C34H42N4O6/c1-18-28-17-38(30(18)33(41)42)32(40)23(34(2,3)4)15-29(39)43-27-14-20-13-22(20)21(27)8-6-5-7-9-25-31(44-28)37-26-12-19(16-35)10-11-24(26)36-25/h10-12,18,20-23,27-28,30H,5-9,13-15,17H2,1-4H3,(H,41,42)/t18-,20+,21-,22+,23-,27-,28+,30+/m1/s1. The second-order valence-corrected chi connectivity index (χ2v) is 14.4. The first-order valence-electron chi connectivity index (χ1n) is 16.0. The molecular weight excluding hydrogens is 560 g/mol. The van der Waals surface area contributed by atoms with E-state index in [1.165, 1.54) is 11.3 Å². The first-order valence-corrected chi connectivity index (χ1v) is 16.0. The summed E-state index contributed by atoms with van der Waals surface area (Å²) in [5.41, 5.74) is 1.73. The molecule has 2 saturated carbocycles. The van der Waals surface area contributed by atoms with Crippen LogP contribution in [0.3, 0.4) is 0 Å². The second kappa shape index (κ2) is 11.6. The minimum atomic E-state index is -1.12. The number of hydrogen-bond acceptors (Lipinski definition) is 8. The lowest BCUT2D eigenvalue weighted by Crippen LogP contribution is -2.48. The highest BCUT2D eigenvalue weighted by molar-refractivity contribution is 5.89. The molecule has 2 bridgehead atoms. The van der Waals surface area contributed by atoms with Gasteiger partial charge in [-0.2, -0.15) is 5.26 Å². The van der Waals surface area contributed by atoms with Crippen LogP contribution in [-0.2, 0) is 25.5 Å². The molecule has 0 radical (unpaired) electrons. The SMILES string of the molecule is C[C@@H]1[C@@H]2CN(C(=O)[C@H](C(C)(C)C)CC(=O)O[C@@H]3C[C@@H]4C[C@@H]4[C@H]3CCCCCc3nc4ccc(C#N)cc4nc3O2)[C@@H]1C(=O)O. The number of carbonyl (C=O) groups excluding carboxylic acids is 2. The van der Waals surface area contributed by atoms with E-state index in [2.05, 4.69) is 6.07 Å². The molecule has 1 N–H and O–H groups in total. The number of hydrogen-bond donors (Lipinski definition) is 1. The summed E-state index contributed by atoms with van der Waals surface area (Å²) < 4.78 is 12.6. The minimum Gasteiger partial charge on any atom is -0.480 e. The number of aryl methyl sites for hydroxylation is 1. The van der Waals surface area contributed by atoms with Crippen LogP contribution in [0.1, 0.15) is 83.9 Å². The molecule has 2 aliphatic heterocycles. The van der Waals surface area contributed by atoms with E-state index in [1.807, 2.05) is 20.8 Å². The van der Waals surface area contributed by atoms with Crippen LogP contribution in [-0.4, -0.2) is 62.6 Å². The van der Waals surface area contributed by atoms with Crippen molar-refractivity contribution in [2.45, 2.75) is 97.3 Å². The van der Waals surface area contributed by atoms with Gasteiger partial charge in [0, 0.05) is 5.92 Å². The number of fused-ring (bicyclic) bond motifs is 7. The van der Waals surface area contributed by atoms with Gasteiger partial charge in [0.25, 0.3) is 0 Å². The quantitative estimate of drug-likeness (QED) is 0.450. The number of amides is 1. The van der Waals surface area contributed by atoms with E-state index in [0.717, 1.165) is 32.1 Å². The van der Waals surface area contributed by atoms with Crippen molar-refractivity contribution in [2.75, 3.05) is 6.54 Å². The third-order valence-electron chi connectivity index (χ3n) is 10.4. The van der Waals surface area contributed by atoms with Gasteiger partial charge >= 0.3 is 11.9 Å². The third-order valence-corrected chi connectivity index (χ3v) is 10.4. The third kappa shape index (κ3) is 5.85. The van der Waals surface area contributed by atoms with E-state index in [0.29, 0.717) is 52.3 Å². The molecule has 234 valence electrons. The highest BCUT2D eigenvalue weighted by atomic mass is 16.5. The predicted molar refractivity (Wildman–Crippen MR) is 160 cm³/mol. The molecule has 1 amide bonds. The summed E-state index contributed by atoms with van der Waals surface area (Å²) in [4.78, 5) is 51.1. The summed E-state index contributed by atoms with van der Waals surface area (Å²) in [5.74, 6) is -1.28. The zero-order chi connectivity index (χ0) is 31.3. The van der Waals surface area contributed by atoms with Crippen LogP contribution in [0.2, 0.25) is 0 Å². The Morgan fingerprint density at radius 1 is 1.05 bits per heavy atom. The monoisotopic (exact) mass is 602 g/mol. The number of nitriles is 1. The summed E-state index contributed by atoms with van der Waals surface area (Å²) >= 11 is 0. The van der Waals surface area contributed by atoms with Gasteiger partial charge < -0.3 is 19.5 Å². The zero-order valence-electron chi connectivity index (χ0n) is 26.0. The molecule has 1 saturated heterocycles. The van der Waals surface area contributed by atoms with Gasteiger partial charge in [0.15, 0.2) is 0 Å². The Bertz CT molecular complexity index is 1510. The molecule has 3 heterocycles. The highest BCUT2D eigenvalue weighted by Crippen LogP contribution is 2.58. The fraction of sp³-hybridized carbons (Fsp3) is 0.647. The number of benzene rings is 1. The van der Waals surface area contributed by atoms with Crippen LogP contribution in [0, 0.1) is 46.3 Å². The maximum absolute atomic E-state index is 14.2. The Balaban J connectivity index is 1.36. The van der Waals surface area contributed by atoms with Gasteiger partial charge in [-0.25, -0.2) is 14.8 Å². The lowest BCUT2D eigenvalue weighted by Gasteiger charge is -2.34. The maximum atomic E-state index is 14.2. The van der Waals surface area contributed by atoms with Gasteiger partial charge in [0.05, 0.1) is 41.5 Å². The molecule has 0 spiro atoms. The largest absolute Gasteiger partial charge is 0.480 e. The maximum Gasteiger partial charge on any atom is 0.326 e. The topological polar surface area (TPSA) is 143 Å². The van der Waals surface area contributed by atoms with Gasteiger partial charge in [0.1, 0.15) is 23.9 Å². The summed E-state index contributed by atoms with van der Waals surface area (Å²) in [7, 11) is 0. The van der Waals surface area contributed by atoms with Crippen molar-refractivity contribution < 1.29 is 29.0 Å². The number of carboxylic acids is 1. The molecule has 10 nitrogen and oxygen atoms in total. The molecule has 44 heavy (non-hydrogen) atoms. The molecule has 1 aromatic carbocycles. The van der Waals surface area contributed by atoms with E-state index in [4.69, 9.17) is 19.4 Å². The first kappa shape index (κ1) is 30.3. The van der Waals surface area contributed by atoms with Crippen LogP contribution < -0.4 is 4.74 Å². The summed E-state index contributed by atoms with van der Waals surface area (Å²) in [6.07, 6.45) is 5.73. The van der Waals surface area contributed by atoms with Gasteiger partial charge in [-0.3, -0.25) is 9.59 Å².